The fourth-order valence-corrected chi connectivity index (χ4v) is 5.40. The Kier molecular flexibility index (Phi) is 6.35. The van der Waals surface area contributed by atoms with Gasteiger partial charge in [0.25, 0.3) is 0 Å². The summed E-state index contributed by atoms with van der Waals surface area (Å²) in [7, 11) is 1.56. The number of methoxy groups -OCH3 is 3. The summed E-state index contributed by atoms with van der Waals surface area (Å²) in [5, 5.41) is 14.0. The molecule has 0 aliphatic carbocycles. The lowest BCUT2D eigenvalue weighted by Gasteiger charge is -2.28. The van der Waals surface area contributed by atoms with Gasteiger partial charge in [-0.1, -0.05) is 17.4 Å². The van der Waals surface area contributed by atoms with Gasteiger partial charge in [-0.2, -0.15) is 9.61 Å². The molecule has 0 radical (unpaired) electrons. The topological polar surface area (TPSA) is 108 Å². The third-order valence-electron chi connectivity index (χ3n) is 5.42. The molecule has 0 saturated carbocycles. The number of ether oxygens (including phenoxy) is 3. The Balaban J connectivity index is 1.55. The van der Waals surface area contributed by atoms with E-state index in [-0.39, 0.29) is 5.92 Å². The summed E-state index contributed by atoms with van der Waals surface area (Å²) >= 11 is 1.43. The summed E-state index contributed by atoms with van der Waals surface area (Å²) in [6, 6.07) is 3.72. The third-order valence-corrected chi connectivity index (χ3v) is 7.59. The van der Waals surface area contributed by atoms with Crippen molar-refractivity contribution in [3.8, 4) is 17.2 Å². The number of fused-ring (bicyclic) bond motifs is 1. The van der Waals surface area contributed by atoms with Gasteiger partial charge in [-0.15, -0.1) is 10.2 Å². The van der Waals surface area contributed by atoms with Crippen molar-refractivity contribution in [1.29, 1.82) is 0 Å². The second-order valence-corrected chi connectivity index (χ2v) is 10.4. The van der Waals surface area contributed by atoms with Crippen LogP contribution in [0.5, 0.6) is 17.2 Å². The highest BCUT2D eigenvalue weighted by Gasteiger charge is 2.29. The van der Waals surface area contributed by atoms with Gasteiger partial charge in [0.05, 0.1) is 27.6 Å². The normalized spacial score (nSPS) is 16.1. The van der Waals surface area contributed by atoms with E-state index in [1.165, 1.54) is 21.9 Å². The molecule has 1 aromatic carbocycles. The molecule has 0 N–H and O–H groups in total. The van der Waals surface area contributed by atoms with Crippen LogP contribution in [0, 0.1) is 0 Å². The Morgan fingerprint density at radius 2 is 1.69 bits per heavy atom. The van der Waals surface area contributed by atoms with Crippen LogP contribution in [-0.2, 0) is 10.0 Å². The molecular weight excluding hydrogens is 454 g/mol. The van der Waals surface area contributed by atoms with Crippen molar-refractivity contribution in [3.63, 3.8) is 0 Å². The molecule has 32 heavy (non-hydrogen) atoms. The largest absolute Gasteiger partial charge is 0.493 e. The van der Waals surface area contributed by atoms with Crippen molar-refractivity contribution in [2.75, 3.05) is 40.7 Å². The quantitative estimate of drug-likeness (QED) is 0.509. The first-order valence-corrected chi connectivity index (χ1v) is 12.7. The lowest BCUT2D eigenvalue weighted by molar-refractivity contribution is 0.313. The standard InChI is InChI=1S/C20H25N5O5S2/c1-28-15-11-13(12-16(29-2)18(15)30-3)5-6-17-23-25-19(21-22-20(25)31-17)14-7-9-24(10-8-14)32(4,26)27/h5-6,11-12,14H,7-10H2,1-4H3/b6-5+. The summed E-state index contributed by atoms with van der Waals surface area (Å²) in [6.07, 6.45) is 6.45. The molecular formula is C20H25N5O5S2. The predicted molar refractivity (Wildman–Crippen MR) is 122 cm³/mol. The molecule has 0 amide bonds. The molecule has 0 unspecified atom stereocenters. The van der Waals surface area contributed by atoms with E-state index < -0.39 is 10.0 Å². The van der Waals surface area contributed by atoms with Crippen LogP contribution in [-0.4, -0.2) is 73.2 Å². The van der Waals surface area contributed by atoms with Crippen LogP contribution in [0.3, 0.4) is 0 Å². The molecule has 1 fully saturated rings. The maximum absolute atomic E-state index is 11.8. The van der Waals surface area contributed by atoms with E-state index >= 15 is 0 Å². The maximum atomic E-state index is 11.8. The summed E-state index contributed by atoms with van der Waals surface area (Å²) in [6.45, 7) is 0.965. The Morgan fingerprint density at radius 1 is 1.03 bits per heavy atom. The summed E-state index contributed by atoms with van der Waals surface area (Å²) in [5.41, 5.74) is 0.874. The molecule has 1 aliphatic rings. The number of rotatable bonds is 7. The number of hydrogen-bond acceptors (Lipinski definition) is 9. The van der Waals surface area contributed by atoms with Crippen molar-refractivity contribution < 1.29 is 22.6 Å². The molecule has 1 saturated heterocycles. The van der Waals surface area contributed by atoms with E-state index in [9.17, 15) is 8.42 Å². The van der Waals surface area contributed by atoms with Crippen LogP contribution in [0.25, 0.3) is 17.1 Å². The number of benzene rings is 1. The van der Waals surface area contributed by atoms with Crippen LogP contribution >= 0.6 is 11.3 Å². The molecule has 0 bridgehead atoms. The molecule has 3 aromatic rings. The van der Waals surface area contributed by atoms with Crippen molar-refractivity contribution in [2.45, 2.75) is 18.8 Å². The first kappa shape index (κ1) is 22.5. The summed E-state index contributed by atoms with van der Waals surface area (Å²) < 4.78 is 42.9. The van der Waals surface area contributed by atoms with Crippen molar-refractivity contribution >= 4 is 38.5 Å². The van der Waals surface area contributed by atoms with Crippen LogP contribution < -0.4 is 14.2 Å². The SMILES string of the molecule is COc1cc(/C=C/c2nn3c(C4CCN(S(C)(=O)=O)CC4)nnc3s2)cc(OC)c1OC. The minimum atomic E-state index is -3.16. The number of nitrogens with zero attached hydrogens (tertiary/aromatic N) is 5. The zero-order chi connectivity index (χ0) is 22.9. The average Bonchev–Trinajstić information content (AvgIpc) is 3.36. The van der Waals surface area contributed by atoms with E-state index in [2.05, 4.69) is 15.3 Å². The predicted octanol–water partition coefficient (Wildman–Crippen LogP) is 2.52. The minimum Gasteiger partial charge on any atom is -0.493 e. The highest BCUT2D eigenvalue weighted by atomic mass is 32.2. The fraction of sp³-hybridized carbons (Fsp3) is 0.450. The van der Waals surface area contributed by atoms with Crippen molar-refractivity contribution in [2.24, 2.45) is 0 Å². The smallest absolute Gasteiger partial charge is 0.234 e. The second-order valence-electron chi connectivity index (χ2n) is 7.42. The van der Waals surface area contributed by atoms with E-state index in [1.54, 1.807) is 25.8 Å². The summed E-state index contributed by atoms with van der Waals surface area (Å²) in [4.78, 5) is 0.704. The number of aromatic nitrogens is 4. The van der Waals surface area contributed by atoms with Gasteiger partial charge < -0.3 is 14.2 Å². The van der Waals surface area contributed by atoms with Crippen LogP contribution in [0.4, 0.5) is 0 Å². The van der Waals surface area contributed by atoms with Gasteiger partial charge in [0.2, 0.25) is 20.7 Å². The Bertz CT molecular complexity index is 1220. The fourth-order valence-electron chi connectivity index (χ4n) is 3.78. The average molecular weight is 480 g/mol. The van der Waals surface area contributed by atoms with Crippen LogP contribution in [0.2, 0.25) is 0 Å². The van der Waals surface area contributed by atoms with E-state index in [1.807, 2.05) is 24.3 Å². The molecule has 0 atom stereocenters. The Hall–Kier alpha value is -2.70. The first-order valence-electron chi connectivity index (χ1n) is 9.99. The van der Waals surface area contributed by atoms with Gasteiger partial charge in [0, 0.05) is 19.0 Å². The maximum Gasteiger partial charge on any atom is 0.234 e. The van der Waals surface area contributed by atoms with Gasteiger partial charge in [-0.3, -0.25) is 0 Å². The van der Waals surface area contributed by atoms with E-state index in [4.69, 9.17) is 14.2 Å². The lowest BCUT2D eigenvalue weighted by atomic mass is 9.97. The highest BCUT2D eigenvalue weighted by molar-refractivity contribution is 7.88. The third kappa shape index (κ3) is 4.43. The molecule has 4 rings (SSSR count). The molecule has 3 heterocycles. The minimum absolute atomic E-state index is 0.122. The number of piperidine rings is 1. The summed E-state index contributed by atoms with van der Waals surface area (Å²) in [5.74, 6) is 2.59. The molecule has 172 valence electrons. The number of sulfonamides is 1. The second kappa shape index (κ2) is 9.04. The van der Waals surface area contributed by atoms with Gasteiger partial charge >= 0.3 is 0 Å². The Morgan fingerprint density at radius 3 is 2.25 bits per heavy atom. The zero-order valence-electron chi connectivity index (χ0n) is 18.3. The molecule has 10 nitrogen and oxygen atoms in total. The lowest BCUT2D eigenvalue weighted by Crippen LogP contribution is -2.37. The molecule has 0 spiro atoms. The molecule has 1 aliphatic heterocycles. The monoisotopic (exact) mass is 479 g/mol. The van der Waals surface area contributed by atoms with Gasteiger partial charge in [-0.25, -0.2) is 12.7 Å². The van der Waals surface area contributed by atoms with E-state index in [0.29, 0.717) is 48.1 Å². The molecule has 2 aromatic heterocycles. The van der Waals surface area contributed by atoms with Gasteiger partial charge in [-0.05, 0) is 36.6 Å². The van der Waals surface area contributed by atoms with Crippen molar-refractivity contribution in [3.05, 3.63) is 28.5 Å². The Labute approximate surface area is 190 Å². The van der Waals surface area contributed by atoms with Crippen LogP contribution in [0.15, 0.2) is 12.1 Å². The van der Waals surface area contributed by atoms with Crippen molar-refractivity contribution in [1.82, 2.24) is 24.1 Å². The van der Waals surface area contributed by atoms with Crippen LogP contribution in [0.1, 0.15) is 35.2 Å². The van der Waals surface area contributed by atoms with E-state index in [0.717, 1.165) is 16.4 Å². The zero-order valence-corrected chi connectivity index (χ0v) is 19.9. The highest BCUT2D eigenvalue weighted by Crippen LogP contribution is 2.38. The molecule has 12 heteroatoms. The van der Waals surface area contributed by atoms with Gasteiger partial charge in [0.15, 0.2) is 17.3 Å². The number of hydrogen-bond donors (Lipinski definition) is 0. The van der Waals surface area contributed by atoms with Gasteiger partial charge in [0.1, 0.15) is 5.01 Å². The first-order chi connectivity index (χ1) is 15.3.